The maximum Gasteiger partial charge on any atom is 0.245 e. The molecule has 0 fully saturated rings. The van der Waals surface area contributed by atoms with Gasteiger partial charge in [-0.15, -0.1) is 15.7 Å². The molecule has 0 aromatic carbocycles. The molecule has 2 heterocycles. The molecular weight excluding hydrogens is 270 g/mol. The minimum atomic E-state index is -0.532. The van der Waals surface area contributed by atoms with Gasteiger partial charge < -0.3 is 15.2 Å². The zero-order valence-corrected chi connectivity index (χ0v) is 11.4. The maximum atomic E-state index is 9.68. The van der Waals surface area contributed by atoms with Crippen LogP contribution in [0.5, 0.6) is 5.88 Å². The number of aliphatic hydroxyl groups excluding tert-OH is 1. The number of hydrogen-bond donors (Lipinski definition) is 2. The van der Waals surface area contributed by atoms with Crippen LogP contribution in [0.1, 0.15) is 4.88 Å². The van der Waals surface area contributed by atoms with Crippen LogP contribution in [0, 0.1) is 0 Å². The summed E-state index contributed by atoms with van der Waals surface area (Å²) in [7, 11) is 0. The van der Waals surface area contributed by atoms with Crippen LogP contribution in [0.3, 0.4) is 0 Å². The second kappa shape index (κ2) is 7.42. The lowest BCUT2D eigenvalue weighted by Crippen LogP contribution is -2.32. The molecule has 0 amide bonds. The molecule has 0 aliphatic heterocycles. The van der Waals surface area contributed by atoms with Crippen molar-refractivity contribution in [3.8, 4) is 5.88 Å². The van der Waals surface area contributed by atoms with Crippen molar-refractivity contribution in [2.75, 3.05) is 19.7 Å². The summed E-state index contributed by atoms with van der Waals surface area (Å²) >= 11 is 2.84. The Morgan fingerprint density at radius 3 is 3.17 bits per heavy atom. The molecule has 0 radical (unpaired) electrons. The van der Waals surface area contributed by atoms with Gasteiger partial charge in [0.05, 0.1) is 11.7 Å². The van der Waals surface area contributed by atoms with E-state index in [1.54, 1.807) is 17.5 Å². The number of ether oxygens (including phenoxy) is 1. The molecule has 1 atom stereocenters. The fourth-order valence-electron chi connectivity index (χ4n) is 1.40. The van der Waals surface area contributed by atoms with Gasteiger partial charge in [0, 0.05) is 18.0 Å². The van der Waals surface area contributed by atoms with E-state index in [4.69, 9.17) is 4.74 Å². The molecule has 0 saturated carbocycles. The summed E-state index contributed by atoms with van der Waals surface area (Å²) in [4.78, 5) is 1.35. The van der Waals surface area contributed by atoms with Crippen LogP contribution in [-0.2, 0) is 6.42 Å². The average molecular weight is 285 g/mol. The monoisotopic (exact) mass is 285 g/mol. The largest absolute Gasteiger partial charge is 0.473 e. The first kappa shape index (κ1) is 13.4. The van der Waals surface area contributed by atoms with E-state index in [-0.39, 0.29) is 6.61 Å². The molecule has 0 bridgehead atoms. The van der Waals surface area contributed by atoms with Crippen LogP contribution in [-0.4, -0.2) is 39.7 Å². The Labute approximate surface area is 114 Å². The van der Waals surface area contributed by atoms with Crippen molar-refractivity contribution in [2.24, 2.45) is 0 Å². The van der Waals surface area contributed by atoms with Crippen LogP contribution in [0.2, 0.25) is 0 Å². The number of thiophene rings is 1. The van der Waals surface area contributed by atoms with Crippen LogP contribution < -0.4 is 10.1 Å². The Morgan fingerprint density at radius 2 is 2.44 bits per heavy atom. The van der Waals surface area contributed by atoms with E-state index in [9.17, 15) is 5.11 Å². The first-order valence-corrected chi connectivity index (χ1v) is 7.27. The zero-order valence-electron chi connectivity index (χ0n) is 9.78. The Balaban J connectivity index is 1.53. The number of rotatable bonds is 8. The molecule has 2 N–H and O–H groups in total. The standard InChI is InChI=1S/C11H15N3O2S2/c15-9(8-16-11-7-13-18-14-11)6-12-4-3-10-2-1-5-17-10/h1-2,5,7,9,12,15H,3-4,6,8H2. The summed E-state index contributed by atoms with van der Waals surface area (Å²) in [6.07, 6.45) is 2.00. The second-order valence-corrected chi connectivity index (χ2v) is 5.33. The first-order chi connectivity index (χ1) is 8.84. The Morgan fingerprint density at radius 1 is 1.50 bits per heavy atom. The summed E-state index contributed by atoms with van der Waals surface area (Å²) in [5.74, 6) is 0.470. The number of hydrogen-bond acceptors (Lipinski definition) is 7. The third-order valence-corrected chi connectivity index (χ3v) is 3.67. The highest BCUT2D eigenvalue weighted by atomic mass is 32.1. The molecule has 0 spiro atoms. The smallest absolute Gasteiger partial charge is 0.245 e. The van der Waals surface area contributed by atoms with E-state index in [1.165, 1.54) is 4.88 Å². The van der Waals surface area contributed by atoms with Crippen molar-refractivity contribution in [2.45, 2.75) is 12.5 Å². The molecule has 2 aromatic rings. The van der Waals surface area contributed by atoms with Gasteiger partial charge in [0.15, 0.2) is 0 Å². The molecule has 0 saturated heterocycles. The molecule has 2 aromatic heterocycles. The SMILES string of the molecule is OC(CNCCc1cccs1)COc1cnsn1. The number of aliphatic hydroxyl groups is 1. The van der Waals surface area contributed by atoms with Gasteiger partial charge in [-0.3, -0.25) is 0 Å². The van der Waals surface area contributed by atoms with Crippen molar-refractivity contribution in [1.82, 2.24) is 14.1 Å². The minimum absolute atomic E-state index is 0.234. The first-order valence-electron chi connectivity index (χ1n) is 5.66. The van der Waals surface area contributed by atoms with Gasteiger partial charge >= 0.3 is 0 Å². The van der Waals surface area contributed by atoms with Gasteiger partial charge in [0.2, 0.25) is 5.88 Å². The number of aromatic nitrogens is 2. The van der Waals surface area contributed by atoms with Gasteiger partial charge in [0.1, 0.15) is 18.9 Å². The van der Waals surface area contributed by atoms with Crippen molar-refractivity contribution in [1.29, 1.82) is 0 Å². The van der Waals surface area contributed by atoms with Crippen molar-refractivity contribution in [3.63, 3.8) is 0 Å². The summed E-state index contributed by atoms with van der Waals surface area (Å²) in [5, 5.41) is 14.9. The van der Waals surface area contributed by atoms with Gasteiger partial charge in [-0.05, 0) is 17.9 Å². The number of nitrogens with one attached hydrogen (secondary N) is 1. The zero-order chi connectivity index (χ0) is 12.6. The normalized spacial score (nSPS) is 12.5. The van der Waals surface area contributed by atoms with Gasteiger partial charge in [-0.2, -0.15) is 4.37 Å². The quantitative estimate of drug-likeness (QED) is 0.713. The van der Waals surface area contributed by atoms with Crippen molar-refractivity contribution in [3.05, 3.63) is 28.6 Å². The van der Waals surface area contributed by atoms with Crippen molar-refractivity contribution < 1.29 is 9.84 Å². The molecular formula is C11H15N3O2S2. The summed E-state index contributed by atoms with van der Waals surface area (Å²) in [6, 6.07) is 4.16. The summed E-state index contributed by atoms with van der Waals surface area (Å²) < 4.78 is 13.0. The Hall–Kier alpha value is -1.02. The molecule has 0 aliphatic rings. The highest BCUT2D eigenvalue weighted by molar-refractivity contribution is 7.09. The lowest BCUT2D eigenvalue weighted by molar-refractivity contribution is 0.104. The third-order valence-electron chi connectivity index (χ3n) is 2.27. The third kappa shape index (κ3) is 4.69. The minimum Gasteiger partial charge on any atom is -0.473 e. The van der Waals surface area contributed by atoms with E-state index in [0.29, 0.717) is 12.4 Å². The topological polar surface area (TPSA) is 67.3 Å². The van der Waals surface area contributed by atoms with Crippen LogP contribution in [0.25, 0.3) is 0 Å². The average Bonchev–Trinajstić information content (AvgIpc) is 3.04. The maximum absolute atomic E-state index is 9.68. The lowest BCUT2D eigenvalue weighted by atomic mass is 10.3. The predicted octanol–water partition coefficient (Wildman–Crippen LogP) is 1.17. The summed E-state index contributed by atoms with van der Waals surface area (Å²) in [5.41, 5.74) is 0. The Kier molecular flexibility index (Phi) is 5.53. The molecule has 98 valence electrons. The molecule has 2 rings (SSSR count). The molecule has 5 nitrogen and oxygen atoms in total. The van der Waals surface area contributed by atoms with Crippen LogP contribution >= 0.6 is 23.1 Å². The van der Waals surface area contributed by atoms with E-state index >= 15 is 0 Å². The highest BCUT2D eigenvalue weighted by Gasteiger charge is 2.06. The van der Waals surface area contributed by atoms with E-state index in [0.717, 1.165) is 24.7 Å². The van der Waals surface area contributed by atoms with E-state index < -0.39 is 6.10 Å². The van der Waals surface area contributed by atoms with E-state index in [2.05, 4.69) is 25.5 Å². The number of nitrogens with zero attached hydrogens (tertiary/aromatic N) is 2. The fraction of sp³-hybridized carbons (Fsp3) is 0.455. The second-order valence-electron chi connectivity index (χ2n) is 3.74. The van der Waals surface area contributed by atoms with Crippen LogP contribution in [0.15, 0.2) is 23.7 Å². The fourth-order valence-corrected chi connectivity index (χ4v) is 2.47. The predicted molar refractivity (Wildman–Crippen MR) is 72.3 cm³/mol. The lowest BCUT2D eigenvalue weighted by Gasteiger charge is -2.11. The van der Waals surface area contributed by atoms with E-state index in [1.807, 2.05) is 6.07 Å². The molecule has 1 unspecified atom stereocenters. The van der Waals surface area contributed by atoms with Crippen molar-refractivity contribution >= 4 is 23.1 Å². The summed E-state index contributed by atoms with van der Waals surface area (Å²) in [6.45, 7) is 1.61. The van der Waals surface area contributed by atoms with Gasteiger partial charge in [0.25, 0.3) is 0 Å². The van der Waals surface area contributed by atoms with Gasteiger partial charge in [-0.25, -0.2) is 0 Å². The Bertz CT molecular complexity index is 419. The highest BCUT2D eigenvalue weighted by Crippen LogP contribution is 2.08. The van der Waals surface area contributed by atoms with Crippen LogP contribution in [0.4, 0.5) is 0 Å². The molecule has 7 heteroatoms. The molecule has 0 aliphatic carbocycles. The van der Waals surface area contributed by atoms with Gasteiger partial charge in [-0.1, -0.05) is 6.07 Å². The molecule has 18 heavy (non-hydrogen) atoms.